The van der Waals surface area contributed by atoms with Gasteiger partial charge in [0.25, 0.3) is 10.0 Å². The van der Waals surface area contributed by atoms with Gasteiger partial charge < -0.3 is 0 Å². The molecule has 0 aliphatic carbocycles. The van der Waals surface area contributed by atoms with E-state index in [1.54, 1.807) is 19.1 Å². The first-order valence-corrected chi connectivity index (χ1v) is 8.19. The molecule has 0 heterocycles. The van der Waals surface area contributed by atoms with Crippen LogP contribution in [-0.4, -0.2) is 8.42 Å². The van der Waals surface area contributed by atoms with E-state index in [0.717, 1.165) is 0 Å². The molecule has 0 saturated heterocycles. The number of anilines is 1. The number of hydrogen-bond acceptors (Lipinski definition) is 2. The van der Waals surface area contributed by atoms with Crippen molar-refractivity contribution in [3.05, 3.63) is 57.3 Å². The molecule has 0 saturated carbocycles. The van der Waals surface area contributed by atoms with E-state index in [0.29, 0.717) is 10.0 Å². The van der Waals surface area contributed by atoms with Crippen LogP contribution in [-0.2, 0) is 10.0 Å². The second kappa shape index (κ2) is 5.71. The SMILES string of the molecule is Cc1cccc(F)c1NS(=O)(=O)c1ccc(Br)cc1Cl. The zero-order chi connectivity index (χ0) is 14.9. The highest BCUT2D eigenvalue weighted by molar-refractivity contribution is 9.10. The molecule has 106 valence electrons. The van der Waals surface area contributed by atoms with Crippen LogP contribution in [0.3, 0.4) is 0 Å². The van der Waals surface area contributed by atoms with Crippen LogP contribution in [0, 0.1) is 12.7 Å². The predicted octanol–water partition coefficient (Wildman–Crippen LogP) is 4.35. The molecule has 0 amide bonds. The molecule has 20 heavy (non-hydrogen) atoms. The van der Waals surface area contributed by atoms with Crippen LogP contribution in [0.1, 0.15) is 5.56 Å². The summed E-state index contributed by atoms with van der Waals surface area (Å²) in [5.41, 5.74) is 0.410. The third-order valence-corrected chi connectivity index (χ3v) is 4.97. The average molecular weight is 379 g/mol. The minimum Gasteiger partial charge on any atom is -0.276 e. The number of benzene rings is 2. The van der Waals surface area contributed by atoms with Crippen molar-refractivity contribution >= 4 is 43.2 Å². The quantitative estimate of drug-likeness (QED) is 0.863. The molecule has 0 radical (unpaired) electrons. The largest absolute Gasteiger partial charge is 0.276 e. The summed E-state index contributed by atoms with van der Waals surface area (Å²) in [7, 11) is -3.95. The Bertz CT molecular complexity index is 745. The second-order valence-corrected chi connectivity index (χ2v) is 7.09. The van der Waals surface area contributed by atoms with Crippen LogP contribution in [0.15, 0.2) is 45.8 Å². The molecular formula is C13H10BrClFNO2S. The molecule has 2 aromatic rings. The summed E-state index contributed by atoms with van der Waals surface area (Å²) < 4.78 is 41.1. The number of halogens is 3. The van der Waals surface area contributed by atoms with E-state index in [1.165, 1.54) is 24.3 Å². The summed E-state index contributed by atoms with van der Waals surface area (Å²) >= 11 is 9.11. The van der Waals surface area contributed by atoms with Crippen molar-refractivity contribution in [1.82, 2.24) is 0 Å². The Labute approximate surface area is 130 Å². The van der Waals surface area contributed by atoms with Gasteiger partial charge in [-0.3, -0.25) is 4.72 Å². The van der Waals surface area contributed by atoms with E-state index in [4.69, 9.17) is 11.6 Å². The molecule has 0 aliphatic heterocycles. The van der Waals surface area contributed by atoms with Gasteiger partial charge >= 0.3 is 0 Å². The first-order valence-electron chi connectivity index (χ1n) is 5.54. The van der Waals surface area contributed by atoms with Gasteiger partial charge in [-0.15, -0.1) is 0 Å². The van der Waals surface area contributed by atoms with Gasteiger partial charge in [0.2, 0.25) is 0 Å². The lowest BCUT2D eigenvalue weighted by Gasteiger charge is -2.12. The fourth-order valence-electron chi connectivity index (χ4n) is 1.64. The summed E-state index contributed by atoms with van der Waals surface area (Å²) in [6.07, 6.45) is 0. The van der Waals surface area contributed by atoms with E-state index in [9.17, 15) is 12.8 Å². The zero-order valence-corrected chi connectivity index (χ0v) is 13.5. The molecule has 0 unspecified atom stereocenters. The standard InChI is InChI=1S/C13H10BrClFNO2S/c1-8-3-2-4-11(16)13(8)17-20(18,19)12-6-5-9(14)7-10(12)15/h2-7,17H,1H3. The lowest BCUT2D eigenvalue weighted by atomic mass is 10.2. The van der Waals surface area contributed by atoms with Crippen molar-refractivity contribution in [1.29, 1.82) is 0 Å². The van der Waals surface area contributed by atoms with E-state index < -0.39 is 15.8 Å². The number of para-hydroxylation sites is 1. The van der Waals surface area contributed by atoms with Crippen LogP contribution >= 0.6 is 27.5 Å². The van der Waals surface area contributed by atoms with Crippen LogP contribution in [0.5, 0.6) is 0 Å². The van der Waals surface area contributed by atoms with Gasteiger partial charge in [-0.2, -0.15) is 0 Å². The summed E-state index contributed by atoms with van der Waals surface area (Å²) in [6, 6.07) is 8.68. The number of nitrogens with one attached hydrogen (secondary N) is 1. The number of hydrogen-bond donors (Lipinski definition) is 1. The fraction of sp³-hybridized carbons (Fsp3) is 0.0769. The van der Waals surface area contributed by atoms with Crippen molar-refractivity contribution in [2.75, 3.05) is 4.72 Å². The third-order valence-electron chi connectivity index (χ3n) is 2.64. The van der Waals surface area contributed by atoms with E-state index in [2.05, 4.69) is 20.7 Å². The Hall–Kier alpha value is -1.11. The third kappa shape index (κ3) is 3.13. The molecule has 7 heteroatoms. The second-order valence-electron chi connectivity index (χ2n) is 4.11. The van der Waals surface area contributed by atoms with Gasteiger partial charge in [0.05, 0.1) is 10.7 Å². The van der Waals surface area contributed by atoms with Crippen LogP contribution < -0.4 is 4.72 Å². The van der Waals surface area contributed by atoms with Crippen LogP contribution in [0.4, 0.5) is 10.1 Å². The Kier molecular flexibility index (Phi) is 4.36. The van der Waals surface area contributed by atoms with Gasteiger partial charge in [-0.05, 0) is 36.8 Å². The normalized spacial score (nSPS) is 11.4. The van der Waals surface area contributed by atoms with Gasteiger partial charge in [0.15, 0.2) is 0 Å². The lowest BCUT2D eigenvalue weighted by Crippen LogP contribution is -2.15. The van der Waals surface area contributed by atoms with Gasteiger partial charge in [0, 0.05) is 4.47 Å². The van der Waals surface area contributed by atoms with Gasteiger partial charge in [-0.1, -0.05) is 39.7 Å². The highest BCUT2D eigenvalue weighted by Gasteiger charge is 2.20. The molecule has 0 atom stereocenters. The van der Waals surface area contributed by atoms with Gasteiger partial charge in [0.1, 0.15) is 10.7 Å². The zero-order valence-electron chi connectivity index (χ0n) is 10.3. The topological polar surface area (TPSA) is 46.2 Å². The number of aryl methyl sites for hydroxylation is 1. The van der Waals surface area contributed by atoms with Gasteiger partial charge in [-0.25, -0.2) is 12.8 Å². The minimum atomic E-state index is -3.95. The Morgan fingerprint density at radius 3 is 2.55 bits per heavy atom. The van der Waals surface area contributed by atoms with Crippen molar-refractivity contribution in [3.63, 3.8) is 0 Å². The first-order chi connectivity index (χ1) is 9.31. The molecule has 2 rings (SSSR count). The van der Waals surface area contributed by atoms with Crippen molar-refractivity contribution in [3.8, 4) is 0 Å². The molecule has 0 aromatic heterocycles. The van der Waals surface area contributed by atoms with Crippen LogP contribution in [0.2, 0.25) is 5.02 Å². The maximum atomic E-state index is 13.7. The van der Waals surface area contributed by atoms with Crippen LogP contribution in [0.25, 0.3) is 0 Å². The molecular weight excluding hydrogens is 369 g/mol. The molecule has 0 spiro atoms. The summed E-state index contributed by atoms with van der Waals surface area (Å²) in [6.45, 7) is 1.62. The predicted molar refractivity (Wildman–Crippen MR) is 81.1 cm³/mol. The molecule has 2 aromatic carbocycles. The molecule has 3 nitrogen and oxygen atoms in total. The average Bonchev–Trinajstić information content (AvgIpc) is 2.33. The summed E-state index contributed by atoms with van der Waals surface area (Å²) in [4.78, 5) is -0.106. The maximum Gasteiger partial charge on any atom is 0.263 e. The van der Waals surface area contributed by atoms with Crippen molar-refractivity contribution < 1.29 is 12.8 Å². The molecule has 1 N–H and O–H groups in total. The van der Waals surface area contributed by atoms with Crippen molar-refractivity contribution in [2.24, 2.45) is 0 Å². The highest BCUT2D eigenvalue weighted by atomic mass is 79.9. The van der Waals surface area contributed by atoms with E-state index in [1.807, 2.05) is 0 Å². The van der Waals surface area contributed by atoms with Crippen molar-refractivity contribution in [2.45, 2.75) is 11.8 Å². The smallest absolute Gasteiger partial charge is 0.263 e. The first kappa shape index (κ1) is 15.3. The Morgan fingerprint density at radius 1 is 1.25 bits per heavy atom. The minimum absolute atomic E-state index is 0.0564. The number of sulfonamides is 1. The molecule has 0 bridgehead atoms. The fourth-order valence-corrected chi connectivity index (χ4v) is 3.82. The Morgan fingerprint density at radius 2 is 1.95 bits per heavy atom. The summed E-state index contributed by atoms with van der Waals surface area (Å²) in [5, 5.41) is 0.0564. The maximum absolute atomic E-state index is 13.7. The van der Waals surface area contributed by atoms with E-state index >= 15 is 0 Å². The number of rotatable bonds is 3. The summed E-state index contributed by atoms with van der Waals surface area (Å²) in [5.74, 6) is -0.637. The lowest BCUT2D eigenvalue weighted by molar-refractivity contribution is 0.598. The molecule has 0 fully saturated rings. The Balaban J connectivity index is 2.46. The molecule has 0 aliphatic rings. The van der Waals surface area contributed by atoms with E-state index in [-0.39, 0.29) is 15.6 Å². The monoisotopic (exact) mass is 377 g/mol. The highest BCUT2D eigenvalue weighted by Crippen LogP contribution is 2.28.